The van der Waals surface area contributed by atoms with Crippen LogP contribution in [0.15, 0.2) is 12.4 Å². The fourth-order valence-corrected chi connectivity index (χ4v) is 1.10. The molecule has 0 aliphatic rings. The predicted molar refractivity (Wildman–Crippen MR) is 60.6 cm³/mol. The fraction of sp³-hybridized carbons (Fsp3) is 0.667. The maximum absolute atomic E-state index is 10.4. The third kappa shape index (κ3) is 10.7. The number of nitrogens with two attached hydrogens (primary N) is 3. The number of hydrogen-bond acceptors (Lipinski definition) is 5. The van der Waals surface area contributed by atoms with Crippen molar-refractivity contribution in [1.29, 1.82) is 0 Å². The lowest BCUT2D eigenvalue weighted by molar-refractivity contribution is -0.117. The average Bonchev–Trinajstić information content (AvgIpc) is 2.11. The summed E-state index contributed by atoms with van der Waals surface area (Å²) in [5.74, 6) is 0.0960. The molecule has 0 aliphatic carbocycles. The van der Waals surface area contributed by atoms with Crippen molar-refractivity contribution in [2.24, 2.45) is 17.2 Å². The maximum atomic E-state index is 10.4. The summed E-state index contributed by atoms with van der Waals surface area (Å²) in [5.41, 5.74) is 16.1. The van der Waals surface area contributed by atoms with Gasteiger partial charge in [0, 0.05) is 19.1 Å². The molecule has 0 aromatic heterocycles. The van der Waals surface area contributed by atoms with Gasteiger partial charge in [-0.3, -0.25) is 4.79 Å². The molecule has 0 saturated heterocycles. The minimum Gasteiger partial charge on any atom is -0.386 e. The van der Waals surface area contributed by atoms with E-state index in [9.17, 15) is 4.79 Å². The summed E-state index contributed by atoms with van der Waals surface area (Å²) < 4.78 is 0. The molecule has 8 N–H and O–H groups in total. The molecule has 1 atom stereocenters. The highest BCUT2D eigenvalue weighted by Gasteiger charge is 2.02. The van der Waals surface area contributed by atoms with Gasteiger partial charge in [-0.2, -0.15) is 0 Å². The Morgan fingerprint density at radius 2 is 2.07 bits per heavy atom. The minimum atomic E-state index is -0.372. The molecule has 0 rings (SSSR count). The van der Waals surface area contributed by atoms with Crippen molar-refractivity contribution < 1.29 is 4.79 Å². The summed E-state index contributed by atoms with van der Waals surface area (Å²) in [6.07, 6.45) is 1.77. The van der Waals surface area contributed by atoms with Crippen LogP contribution in [0.25, 0.3) is 0 Å². The van der Waals surface area contributed by atoms with Crippen LogP contribution >= 0.6 is 0 Å². The zero-order valence-electron chi connectivity index (χ0n) is 8.96. The lowest BCUT2D eigenvalue weighted by atomic mass is 10.1. The maximum Gasteiger partial charge on any atom is 0.231 e. The molecule has 88 valence electrons. The highest BCUT2D eigenvalue weighted by molar-refractivity contribution is 5.75. The zero-order valence-corrected chi connectivity index (χ0v) is 8.96. The molecular weight excluding hydrogens is 194 g/mol. The molecule has 15 heavy (non-hydrogen) atoms. The quantitative estimate of drug-likeness (QED) is 0.290. The first-order valence-corrected chi connectivity index (χ1v) is 4.95. The van der Waals surface area contributed by atoms with Gasteiger partial charge < -0.3 is 27.8 Å². The van der Waals surface area contributed by atoms with Crippen LogP contribution in [0.4, 0.5) is 0 Å². The van der Waals surface area contributed by atoms with Crippen LogP contribution in [0.2, 0.25) is 0 Å². The van der Waals surface area contributed by atoms with E-state index in [2.05, 4.69) is 17.2 Å². The Hall–Kier alpha value is -1.27. The Balaban J connectivity index is 3.29. The van der Waals surface area contributed by atoms with Gasteiger partial charge in [0.05, 0.1) is 12.4 Å². The third-order valence-electron chi connectivity index (χ3n) is 1.81. The van der Waals surface area contributed by atoms with Gasteiger partial charge in [-0.25, -0.2) is 0 Å². The number of primary amides is 1. The van der Waals surface area contributed by atoms with Crippen LogP contribution in [-0.4, -0.2) is 31.6 Å². The Morgan fingerprint density at radius 1 is 1.40 bits per heavy atom. The molecule has 1 amide bonds. The Bertz CT molecular complexity index is 207. The monoisotopic (exact) mass is 215 g/mol. The minimum absolute atomic E-state index is 0.0252. The molecule has 6 heteroatoms. The van der Waals surface area contributed by atoms with Gasteiger partial charge in [-0.15, -0.1) is 0 Å². The van der Waals surface area contributed by atoms with Crippen LogP contribution < -0.4 is 27.8 Å². The molecule has 0 aromatic carbocycles. The van der Waals surface area contributed by atoms with Crippen LogP contribution in [0.5, 0.6) is 0 Å². The summed E-state index contributed by atoms with van der Waals surface area (Å²) >= 11 is 0. The van der Waals surface area contributed by atoms with Crippen molar-refractivity contribution in [3.05, 3.63) is 12.4 Å². The van der Waals surface area contributed by atoms with Gasteiger partial charge in [0.1, 0.15) is 0 Å². The number of hydrogen-bond donors (Lipinski definition) is 5. The van der Waals surface area contributed by atoms with E-state index in [1.165, 1.54) is 0 Å². The summed E-state index contributed by atoms with van der Waals surface area (Å²) in [6.45, 7) is 5.04. The topological polar surface area (TPSA) is 119 Å². The number of carbonyl (C=O) groups is 1. The van der Waals surface area contributed by atoms with Gasteiger partial charge >= 0.3 is 0 Å². The largest absolute Gasteiger partial charge is 0.386 e. The van der Waals surface area contributed by atoms with E-state index >= 15 is 0 Å². The second-order valence-corrected chi connectivity index (χ2v) is 3.45. The third-order valence-corrected chi connectivity index (χ3v) is 1.81. The van der Waals surface area contributed by atoms with Crippen molar-refractivity contribution in [1.82, 2.24) is 10.6 Å². The summed E-state index contributed by atoms with van der Waals surface area (Å²) in [5, 5.41) is 5.78. The number of amides is 1. The van der Waals surface area contributed by atoms with Gasteiger partial charge in [0.15, 0.2) is 0 Å². The van der Waals surface area contributed by atoms with Gasteiger partial charge in [0.2, 0.25) is 5.91 Å². The van der Waals surface area contributed by atoms with Crippen molar-refractivity contribution in [3.63, 3.8) is 0 Å². The van der Waals surface area contributed by atoms with Gasteiger partial charge in [-0.1, -0.05) is 6.58 Å². The van der Waals surface area contributed by atoms with Crippen molar-refractivity contribution in [2.75, 3.05) is 19.6 Å². The molecule has 0 fully saturated rings. The Kier molecular flexibility index (Phi) is 7.39. The van der Waals surface area contributed by atoms with E-state index in [0.29, 0.717) is 12.4 Å². The average molecular weight is 215 g/mol. The van der Waals surface area contributed by atoms with Gasteiger partial charge in [0.25, 0.3) is 0 Å². The first-order chi connectivity index (χ1) is 7.02. The van der Waals surface area contributed by atoms with Crippen LogP contribution in [0.3, 0.4) is 0 Å². The second kappa shape index (κ2) is 8.07. The van der Waals surface area contributed by atoms with Crippen LogP contribution in [0.1, 0.15) is 12.8 Å². The van der Waals surface area contributed by atoms with E-state index in [-0.39, 0.29) is 18.5 Å². The molecule has 6 nitrogen and oxygen atoms in total. The van der Waals surface area contributed by atoms with E-state index in [0.717, 1.165) is 19.4 Å². The molecule has 0 bridgehead atoms. The molecule has 0 aliphatic heterocycles. The highest BCUT2D eigenvalue weighted by Crippen LogP contribution is 1.92. The van der Waals surface area contributed by atoms with Crippen molar-refractivity contribution >= 4 is 5.91 Å². The lowest BCUT2D eigenvalue weighted by Gasteiger charge is -2.12. The van der Waals surface area contributed by atoms with Crippen molar-refractivity contribution in [2.45, 2.75) is 18.9 Å². The summed E-state index contributed by atoms with van der Waals surface area (Å²) in [6, 6.07) is 0.0252. The standard InChI is InChI=1S/C9H21N5O/c1-7(10)14-4-2-3-8(11)5-13-6-9(12)15/h8,13-14H,1-6,10-11H2,(H2,12,15). The Labute approximate surface area is 90.3 Å². The molecular formula is C9H21N5O. The zero-order chi connectivity index (χ0) is 11.7. The molecule has 0 saturated carbocycles. The lowest BCUT2D eigenvalue weighted by Crippen LogP contribution is -2.38. The first kappa shape index (κ1) is 13.7. The highest BCUT2D eigenvalue weighted by atomic mass is 16.1. The van der Waals surface area contributed by atoms with Crippen LogP contribution in [0, 0.1) is 0 Å². The van der Waals surface area contributed by atoms with E-state index in [4.69, 9.17) is 17.2 Å². The summed E-state index contributed by atoms with van der Waals surface area (Å²) in [4.78, 5) is 10.4. The number of nitrogens with one attached hydrogen (secondary N) is 2. The molecule has 0 heterocycles. The molecule has 0 aromatic rings. The Morgan fingerprint density at radius 3 is 2.60 bits per heavy atom. The van der Waals surface area contributed by atoms with E-state index < -0.39 is 0 Å². The molecule has 1 unspecified atom stereocenters. The van der Waals surface area contributed by atoms with Crippen molar-refractivity contribution in [3.8, 4) is 0 Å². The normalized spacial score (nSPS) is 12.1. The van der Waals surface area contributed by atoms with Gasteiger partial charge in [-0.05, 0) is 12.8 Å². The molecule has 0 radical (unpaired) electrons. The van der Waals surface area contributed by atoms with E-state index in [1.807, 2.05) is 0 Å². The number of rotatable bonds is 9. The molecule has 0 spiro atoms. The first-order valence-electron chi connectivity index (χ1n) is 4.95. The summed E-state index contributed by atoms with van der Waals surface area (Å²) in [7, 11) is 0. The fourth-order valence-electron chi connectivity index (χ4n) is 1.10. The number of carbonyl (C=O) groups excluding carboxylic acids is 1. The van der Waals surface area contributed by atoms with Crippen LogP contribution in [-0.2, 0) is 4.79 Å². The SMILES string of the molecule is C=C(N)NCCCC(N)CNCC(N)=O. The predicted octanol–water partition coefficient (Wildman–Crippen LogP) is -1.81. The second-order valence-electron chi connectivity index (χ2n) is 3.45. The van der Waals surface area contributed by atoms with E-state index in [1.54, 1.807) is 0 Å². The smallest absolute Gasteiger partial charge is 0.231 e.